The zero-order chi connectivity index (χ0) is 20.2. The van der Waals surface area contributed by atoms with Crippen molar-refractivity contribution >= 4 is 29.6 Å². The highest BCUT2D eigenvalue weighted by Gasteiger charge is 2.66. The molecule has 0 bridgehead atoms. The SMILES string of the molecule is CC(=O)N(Cl)C(=O)O[C@@]1(CCCCCc2ccccc2)CC(=O)CC[C@]12CO2. The van der Waals surface area contributed by atoms with E-state index in [9.17, 15) is 14.4 Å². The molecule has 1 saturated carbocycles. The van der Waals surface area contributed by atoms with Gasteiger partial charge in [-0.25, -0.2) is 4.79 Å². The monoisotopic (exact) mass is 407 g/mol. The fraction of sp³-hybridized carbons (Fsp3) is 0.571. The van der Waals surface area contributed by atoms with Crippen LogP contribution < -0.4 is 0 Å². The number of amides is 2. The fourth-order valence-corrected chi connectivity index (χ4v) is 4.06. The van der Waals surface area contributed by atoms with E-state index in [2.05, 4.69) is 12.1 Å². The molecule has 2 atom stereocenters. The lowest BCUT2D eigenvalue weighted by Crippen LogP contribution is -2.55. The summed E-state index contributed by atoms with van der Waals surface area (Å²) in [6, 6.07) is 10.3. The summed E-state index contributed by atoms with van der Waals surface area (Å²) in [4.78, 5) is 35.9. The summed E-state index contributed by atoms with van der Waals surface area (Å²) < 4.78 is 11.8. The van der Waals surface area contributed by atoms with E-state index in [-0.39, 0.29) is 12.2 Å². The molecule has 6 nitrogen and oxygen atoms in total. The van der Waals surface area contributed by atoms with Gasteiger partial charge >= 0.3 is 6.09 Å². The minimum absolute atomic E-state index is 0.0437. The second kappa shape index (κ2) is 8.62. The lowest BCUT2D eigenvalue weighted by molar-refractivity contribution is -0.139. The summed E-state index contributed by atoms with van der Waals surface area (Å²) in [6.45, 7) is 1.64. The van der Waals surface area contributed by atoms with E-state index >= 15 is 0 Å². The number of epoxide rings is 1. The van der Waals surface area contributed by atoms with Crippen molar-refractivity contribution < 1.29 is 23.9 Å². The van der Waals surface area contributed by atoms with E-state index in [1.165, 1.54) is 12.5 Å². The Labute approximate surface area is 170 Å². The average molecular weight is 408 g/mol. The second-order valence-electron chi connectivity index (χ2n) is 7.71. The molecule has 0 aromatic heterocycles. The molecule has 0 radical (unpaired) electrons. The Balaban J connectivity index is 1.62. The number of hydrogen-bond donors (Lipinski definition) is 0. The molecule has 1 spiro atoms. The van der Waals surface area contributed by atoms with Gasteiger partial charge in [0.05, 0.1) is 6.61 Å². The predicted molar refractivity (Wildman–Crippen MR) is 104 cm³/mol. The Morgan fingerprint density at radius 3 is 2.57 bits per heavy atom. The van der Waals surface area contributed by atoms with Crippen molar-refractivity contribution in [1.82, 2.24) is 4.42 Å². The van der Waals surface area contributed by atoms with Gasteiger partial charge in [-0.1, -0.05) is 36.8 Å². The smallest absolute Gasteiger partial charge is 0.432 e. The van der Waals surface area contributed by atoms with Crippen LogP contribution in [-0.2, 0) is 25.5 Å². The quantitative estimate of drug-likeness (QED) is 0.385. The normalized spacial score (nSPS) is 26.1. The van der Waals surface area contributed by atoms with E-state index in [0.29, 0.717) is 30.3 Å². The maximum Gasteiger partial charge on any atom is 0.432 e. The Morgan fingerprint density at radius 2 is 1.93 bits per heavy atom. The van der Waals surface area contributed by atoms with Crippen LogP contribution in [0.25, 0.3) is 0 Å². The summed E-state index contributed by atoms with van der Waals surface area (Å²) >= 11 is 5.73. The number of Topliss-reactive ketones (excluding diaryl/α,β-unsaturated/α-hetero) is 1. The van der Waals surface area contributed by atoms with E-state index in [1.807, 2.05) is 18.2 Å². The Bertz CT molecular complexity index is 734. The minimum atomic E-state index is -1.05. The van der Waals surface area contributed by atoms with Crippen LogP contribution in [0.15, 0.2) is 30.3 Å². The fourth-order valence-electron chi connectivity index (χ4n) is 4.02. The largest absolute Gasteiger partial charge is 0.438 e. The van der Waals surface area contributed by atoms with Crippen LogP contribution in [0, 0.1) is 0 Å². The number of rotatable bonds is 7. The molecule has 28 heavy (non-hydrogen) atoms. The van der Waals surface area contributed by atoms with Gasteiger partial charge in [-0.05, 0) is 37.7 Å². The second-order valence-corrected chi connectivity index (χ2v) is 8.04. The van der Waals surface area contributed by atoms with Crippen molar-refractivity contribution in [3.05, 3.63) is 35.9 Å². The van der Waals surface area contributed by atoms with E-state index in [1.54, 1.807) is 0 Å². The van der Waals surface area contributed by atoms with Crippen molar-refractivity contribution in [2.45, 2.75) is 69.5 Å². The Hall–Kier alpha value is -1.92. The van der Waals surface area contributed by atoms with Gasteiger partial charge in [0.2, 0.25) is 5.91 Å². The molecule has 7 heteroatoms. The highest BCUT2D eigenvalue weighted by Crippen LogP contribution is 2.52. The average Bonchev–Trinajstić information content (AvgIpc) is 3.46. The summed E-state index contributed by atoms with van der Waals surface area (Å²) in [5.41, 5.74) is -0.378. The van der Waals surface area contributed by atoms with Crippen LogP contribution in [0.1, 0.15) is 57.4 Å². The number of aryl methyl sites for hydroxylation is 1. The van der Waals surface area contributed by atoms with Crippen molar-refractivity contribution in [2.24, 2.45) is 0 Å². The Morgan fingerprint density at radius 1 is 1.21 bits per heavy atom. The molecule has 1 aliphatic carbocycles. The van der Waals surface area contributed by atoms with Crippen LogP contribution in [0.2, 0.25) is 0 Å². The first kappa shape index (κ1) is 20.8. The number of ketones is 1. The van der Waals surface area contributed by atoms with Gasteiger partial charge in [0, 0.05) is 31.5 Å². The first-order chi connectivity index (χ1) is 13.4. The molecule has 1 aromatic carbocycles. The van der Waals surface area contributed by atoms with Crippen LogP contribution >= 0.6 is 11.8 Å². The van der Waals surface area contributed by atoms with Gasteiger partial charge in [-0.3, -0.25) is 9.59 Å². The number of nitrogens with zero attached hydrogens (tertiary/aromatic N) is 1. The Kier molecular flexibility index (Phi) is 6.40. The van der Waals surface area contributed by atoms with Crippen molar-refractivity contribution in [2.75, 3.05) is 6.61 Å². The molecule has 2 aliphatic rings. The maximum absolute atomic E-state index is 12.3. The van der Waals surface area contributed by atoms with Crippen molar-refractivity contribution in [3.8, 4) is 0 Å². The molecule has 1 heterocycles. The van der Waals surface area contributed by atoms with E-state index in [0.717, 1.165) is 25.7 Å². The van der Waals surface area contributed by atoms with Crippen LogP contribution in [-0.4, -0.2) is 40.0 Å². The van der Waals surface area contributed by atoms with Crippen molar-refractivity contribution in [1.29, 1.82) is 0 Å². The van der Waals surface area contributed by atoms with Crippen molar-refractivity contribution in [3.63, 3.8) is 0 Å². The van der Waals surface area contributed by atoms with Gasteiger partial charge in [0.1, 0.15) is 11.4 Å². The molecule has 3 rings (SSSR count). The third-order valence-electron chi connectivity index (χ3n) is 5.72. The maximum atomic E-state index is 12.3. The summed E-state index contributed by atoms with van der Waals surface area (Å²) in [7, 11) is 0. The third kappa shape index (κ3) is 4.55. The molecular weight excluding hydrogens is 382 g/mol. The lowest BCUT2D eigenvalue weighted by atomic mass is 9.71. The van der Waals surface area contributed by atoms with Gasteiger partial charge in [0.15, 0.2) is 5.60 Å². The zero-order valence-corrected chi connectivity index (χ0v) is 16.9. The predicted octanol–water partition coefficient (Wildman–Crippen LogP) is 4.19. The molecule has 2 fully saturated rings. The molecule has 1 aliphatic heterocycles. The first-order valence-corrected chi connectivity index (χ1v) is 10.1. The topological polar surface area (TPSA) is 76.2 Å². The summed E-state index contributed by atoms with van der Waals surface area (Å²) in [5.74, 6) is -0.584. The van der Waals surface area contributed by atoms with Gasteiger partial charge in [-0.15, -0.1) is 0 Å². The molecule has 152 valence electrons. The molecule has 2 amide bonds. The lowest BCUT2D eigenvalue weighted by Gasteiger charge is -2.41. The van der Waals surface area contributed by atoms with Gasteiger partial charge in [-0.2, -0.15) is 4.42 Å². The molecule has 1 aromatic rings. The number of hydrogen-bond acceptors (Lipinski definition) is 5. The first-order valence-electron chi connectivity index (χ1n) is 9.77. The number of unbranched alkanes of at least 4 members (excludes halogenated alkanes) is 2. The van der Waals surface area contributed by atoms with Gasteiger partial charge in [0.25, 0.3) is 0 Å². The molecule has 1 saturated heterocycles. The van der Waals surface area contributed by atoms with E-state index in [4.69, 9.17) is 21.3 Å². The third-order valence-corrected chi connectivity index (χ3v) is 6.10. The number of benzene rings is 1. The van der Waals surface area contributed by atoms with Gasteiger partial charge < -0.3 is 9.47 Å². The highest BCUT2D eigenvalue weighted by atomic mass is 35.5. The zero-order valence-electron chi connectivity index (χ0n) is 16.1. The molecule has 0 N–H and O–H groups in total. The van der Waals surface area contributed by atoms with Crippen LogP contribution in [0.4, 0.5) is 4.79 Å². The number of ether oxygens (including phenoxy) is 2. The molecular formula is C21H26ClNO5. The number of carbonyl (C=O) groups is 3. The minimum Gasteiger partial charge on any atom is -0.438 e. The van der Waals surface area contributed by atoms with Crippen LogP contribution in [0.5, 0.6) is 0 Å². The molecule has 0 unspecified atom stereocenters. The van der Waals surface area contributed by atoms with E-state index < -0.39 is 23.2 Å². The standard InChI is InChI=1S/C21H26ClNO5/c1-16(24)23(22)19(26)28-20(14-18(25)11-13-21(20)15-27-21)12-7-3-6-10-17-8-4-2-5-9-17/h2,4-5,8-9H,3,6-7,10-15H2,1H3/t20-,21-/m0/s1. The summed E-state index contributed by atoms with van der Waals surface area (Å²) in [6.07, 6.45) is 4.36. The summed E-state index contributed by atoms with van der Waals surface area (Å²) in [5, 5.41) is 0. The highest BCUT2D eigenvalue weighted by molar-refractivity contribution is 6.28. The van der Waals surface area contributed by atoms with Crippen LogP contribution in [0.3, 0.4) is 0 Å². The number of carbonyl (C=O) groups excluding carboxylic acids is 3. The number of halogens is 1. The number of imide groups is 1.